The highest BCUT2D eigenvalue weighted by atomic mass is 31.2. The number of carbonyl (C=O) groups excluding carboxylic acids is 1. The van der Waals surface area contributed by atoms with Gasteiger partial charge in [0.15, 0.2) is 11.2 Å². The fourth-order valence-corrected chi connectivity index (χ4v) is 5.59. The zero-order chi connectivity index (χ0) is 28.0. The molecule has 5 atom stereocenters. The van der Waals surface area contributed by atoms with Crippen LogP contribution in [0.15, 0.2) is 6.33 Å². The molecule has 0 saturated carbocycles. The predicted molar refractivity (Wildman–Crippen MR) is 141 cm³/mol. The van der Waals surface area contributed by atoms with Crippen molar-refractivity contribution in [2.45, 2.75) is 72.8 Å². The molecule has 0 aliphatic carbocycles. The lowest BCUT2D eigenvalue weighted by atomic mass is 10.1. The van der Waals surface area contributed by atoms with Gasteiger partial charge in [0.05, 0.1) is 37.6 Å². The summed E-state index contributed by atoms with van der Waals surface area (Å²) in [6.45, 7) is 12.0. The van der Waals surface area contributed by atoms with Gasteiger partial charge in [0.2, 0.25) is 11.8 Å². The summed E-state index contributed by atoms with van der Waals surface area (Å²) in [6.07, 6.45) is 2.14. The van der Waals surface area contributed by atoms with Gasteiger partial charge in [-0.25, -0.2) is 14.6 Å². The van der Waals surface area contributed by atoms with E-state index in [9.17, 15) is 9.36 Å². The molecule has 2 aromatic heterocycles. The summed E-state index contributed by atoms with van der Waals surface area (Å²) in [4.78, 5) is 24.8. The largest absolute Gasteiger partial charge is 0.476 e. The number of nitrogens with one attached hydrogen (secondary N) is 1. The maximum absolute atomic E-state index is 13.4. The number of anilines is 1. The van der Waals surface area contributed by atoms with Crippen LogP contribution in [0.4, 0.5) is 5.95 Å². The van der Waals surface area contributed by atoms with E-state index in [0.29, 0.717) is 36.5 Å². The lowest BCUT2D eigenvalue weighted by molar-refractivity contribution is -0.148. The molecule has 1 saturated heterocycles. The molecule has 0 aromatic carbocycles. The lowest BCUT2D eigenvalue weighted by Crippen LogP contribution is -2.35. The van der Waals surface area contributed by atoms with E-state index in [0.717, 1.165) is 0 Å². The Morgan fingerprint density at radius 2 is 2.05 bits per heavy atom. The molecule has 0 spiro atoms. The molecule has 3 heterocycles. The Labute approximate surface area is 223 Å². The summed E-state index contributed by atoms with van der Waals surface area (Å²) in [5.74, 6) is 0.168. The molecule has 3 rings (SSSR count). The minimum atomic E-state index is -3.70. The van der Waals surface area contributed by atoms with Crippen LogP contribution >= 0.6 is 7.75 Å². The molecule has 1 aliphatic rings. The molecule has 2 aromatic rings. The summed E-state index contributed by atoms with van der Waals surface area (Å²) in [5, 5.41) is 2.95. The Bertz CT molecular complexity index is 1130. The first kappa shape index (κ1) is 30.2. The van der Waals surface area contributed by atoms with Gasteiger partial charge in [0.25, 0.3) is 0 Å². The van der Waals surface area contributed by atoms with Crippen molar-refractivity contribution in [3.63, 3.8) is 0 Å². The van der Waals surface area contributed by atoms with E-state index in [-0.39, 0.29) is 49.0 Å². The second kappa shape index (κ2) is 13.2. The number of nitrogens with two attached hydrogens (primary N) is 1. The smallest absolute Gasteiger partial charge is 0.405 e. The third kappa shape index (κ3) is 7.63. The number of nitrogens with zero attached hydrogens (tertiary/aromatic N) is 4. The Hall–Kier alpha value is -2.31. The van der Waals surface area contributed by atoms with Crippen LogP contribution in [0.2, 0.25) is 0 Å². The summed E-state index contributed by atoms with van der Waals surface area (Å²) in [5.41, 5.74) is 6.90. The van der Waals surface area contributed by atoms with Crippen molar-refractivity contribution in [1.82, 2.24) is 24.6 Å². The van der Waals surface area contributed by atoms with Gasteiger partial charge in [0.1, 0.15) is 12.8 Å². The number of hydrogen-bond acceptors (Lipinski definition) is 11. The van der Waals surface area contributed by atoms with Gasteiger partial charge in [-0.1, -0.05) is 34.6 Å². The molecular formula is C24H41N6O7P. The average molecular weight is 557 g/mol. The van der Waals surface area contributed by atoms with E-state index in [1.54, 1.807) is 24.7 Å². The number of hydrogen-bond donors (Lipinski definition) is 2. The van der Waals surface area contributed by atoms with Crippen molar-refractivity contribution in [3.05, 3.63) is 6.33 Å². The van der Waals surface area contributed by atoms with Crippen molar-refractivity contribution < 1.29 is 32.6 Å². The second-order valence-electron chi connectivity index (χ2n) is 10.2. The van der Waals surface area contributed by atoms with E-state index in [1.807, 2.05) is 27.7 Å². The molecule has 14 heteroatoms. The number of nitrogen functional groups attached to an aromatic ring is 1. The van der Waals surface area contributed by atoms with Crippen LogP contribution in [0.5, 0.6) is 5.88 Å². The van der Waals surface area contributed by atoms with Gasteiger partial charge in [0, 0.05) is 13.0 Å². The molecular weight excluding hydrogens is 515 g/mol. The minimum Gasteiger partial charge on any atom is -0.476 e. The molecule has 3 N–H and O–H groups in total. The first-order valence-electron chi connectivity index (χ1n) is 13.0. The topological polar surface area (TPSA) is 162 Å². The van der Waals surface area contributed by atoms with Gasteiger partial charge < -0.3 is 24.5 Å². The Morgan fingerprint density at radius 3 is 2.68 bits per heavy atom. The Balaban J connectivity index is 1.66. The van der Waals surface area contributed by atoms with Crippen molar-refractivity contribution in [3.8, 4) is 5.88 Å². The van der Waals surface area contributed by atoms with Crippen molar-refractivity contribution in [2.24, 2.45) is 17.8 Å². The Kier molecular flexibility index (Phi) is 10.5. The standard InChI is InChI=1S/C24H41N6O7P/c1-8-34-21-19-20(27-24(25)28-21)30(13-26-19)22-16(6)10-18(37-22)12-36-38(32,33-7)29-17(9-14(2)3)11-35-23(31)15(4)5/h13-18,22H,8-12H2,1-7H3,(H,29,32)(H2,25,27,28). The summed E-state index contributed by atoms with van der Waals surface area (Å²) in [6, 6.07) is -0.401. The predicted octanol–water partition coefficient (Wildman–Crippen LogP) is 3.71. The highest BCUT2D eigenvalue weighted by Gasteiger charge is 2.37. The lowest BCUT2D eigenvalue weighted by Gasteiger charge is -2.26. The van der Waals surface area contributed by atoms with Crippen molar-refractivity contribution in [2.75, 3.05) is 32.7 Å². The van der Waals surface area contributed by atoms with Crippen molar-refractivity contribution >= 4 is 30.8 Å². The second-order valence-corrected chi connectivity index (χ2v) is 12.1. The molecule has 1 aliphatic heterocycles. The third-order valence-corrected chi connectivity index (χ3v) is 7.73. The van der Waals surface area contributed by atoms with Gasteiger partial charge in [-0.3, -0.25) is 13.9 Å². The van der Waals surface area contributed by atoms with E-state index in [1.165, 1.54) is 7.11 Å². The number of fused-ring (bicyclic) bond motifs is 1. The fraction of sp³-hybridized carbons (Fsp3) is 0.750. The van der Waals surface area contributed by atoms with Gasteiger partial charge in [-0.2, -0.15) is 9.97 Å². The highest BCUT2D eigenvalue weighted by Crippen LogP contribution is 2.45. The zero-order valence-electron chi connectivity index (χ0n) is 23.2. The van der Waals surface area contributed by atoms with Gasteiger partial charge >= 0.3 is 13.7 Å². The van der Waals surface area contributed by atoms with Crippen LogP contribution in [0.3, 0.4) is 0 Å². The number of imidazole rings is 1. The molecule has 0 bridgehead atoms. The third-order valence-electron chi connectivity index (χ3n) is 6.08. The Morgan fingerprint density at radius 1 is 1.32 bits per heavy atom. The van der Waals surface area contributed by atoms with Crippen LogP contribution in [0.1, 0.15) is 60.6 Å². The highest BCUT2D eigenvalue weighted by molar-refractivity contribution is 7.51. The summed E-state index contributed by atoms with van der Waals surface area (Å²) in [7, 11) is -2.38. The van der Waals surface area contributed by atoms with Gasteiger partial charge in [-0.15, -0.1) is 0 Å². The molecule has 38 heavy (non-hydrogen) atoms. The number of carbonyl (C=O) groups is 1. The zero-order valence-corrected chi connectivity index (χ0v) is 24.1. The average Bonchev–Trinajstić information content (AvgIpc) is 3.43. The number of aromatic nitrogens is 4. The molecule has 214 valence electrons. The first-order chi connectivity index (χ1) is 18.0. The van der Waals surface area contributed by atoms with Crippen LogP contribution in [0, 0.1) is 17.8 Å². The summed E-state index contributed by atoms with van der Waals surface area (Å²) < 4.78 is 43.4. The van der Waals surface area contributed by atoms with Crippen LogP contribution in [0.25, 0.3) is 11.2 Å². The number of esters is 1. The molecule has 13 nitrogen and oxygen atoms in total. The molecule has 0 amide bonds. The fourth-order valence-electron chi connectivity index (χ4n) is 4.32. The number of ether oxygens (including phenoxy) is 3. The first-order valence-corrected chi connectivity index (χ1v) is 14.5. The number of rotatable bonds is 14. The maximum Gasteiger partial charge on any atom is 0.405 e. The van der Waals surface area contributed by atoms with E-state index < -0.39 is 20.0 Å². The molecule has 5 unspecified atom stereocenters. The molecule has 0 radical (unpaired) electrons. The van der Waals surface area contributed by atoms with Gasteiger partial charge in [-0.05, 0) is 25.7 Å². The quantitative estimate of drug-likeness (QED) is 0.257. The SMILES string of the molecule is CCOc1nc(N)nc2c1ncn2C1OC(COP(=O)(NC(COC(=O)C(C)C)CC(C)C)OC)CC1C. The molecule has 1 fully saturated rings. The maximum atomic E-state index is 13.4. The summed E-state index contributed by atoms with van der Waals surface area (Å²) >= 11 is 0. The van der Waals surface area contributed by atoms with Crippen LogP contribution in [-0.4, -0.2) is 64.6 Å². The van der Waals surface area contributed by atoms with Crippen LogP contribution in [-0.2, 0) is 27.9 Å². The minimum absolute atomic E-state index is 0.0348. The van der Waals surface area contributed by atoms with E-state index in [2.05, 4.69) is 20.0 Å². The normalized spacial score (nSPS) is 22.2. The van der Waals surface area contributed by atoms with Crippen LogP contribution < -0.4 is 15.6 Å². The monoisotopic (exact) mass is 556 g/mol. The van der Waals surface area contributed by atoms with E-state index >= 15 is 0 Å². The van der Waals surface area contributed by atoms with E-state index in [4.69, 9.17) is 29.0 Å². The van der Waals surface area contributed by atoms with Crippen molar-refractivity contribution in [1.29, 1.82) is 0 Å².